The van der Waals surface area contributed by atoms with E-state index in [4.69, 9.17) is 9.47 Å². The number of hydrogen-bond acceptors (Lipinski definition) is 4. The van der Waals surface area contributed by atoms with Crippen LogP contribution in [0.4, 0.5) is 0 Å². The molecule has 2 N–H and O–H groups in total. The van der Waals surface area contributed by atoms with Crippen molar-refractivity contribution in [2.45, 2.75) is 38.3 Å². The van der Waals surface area contributed by atoms with Crippen molar-refractivity contribution >= 4 is 0 Å². The van der Waals surface area contributed by atoms with Crippen molar-refractivity contribution in [2.24, 2.45) is 0 Å². The summed E-state index contributed by atoms with van der Waals surface area (Å²) < 4.78 is 11.1. The number of nitrogens with one attached hydrogen (secondary N) is 1. The van der Waals surface area contributed by atoms with E-state index in [1.807, 2.05) is 38.1 Å². The molecule has 0 radical (unpaired) electrons. The van der Waals surface area contributed by atoms with Gasteiger partial charge in [-0.3, -0.25) is 0 Å². The standard InChI is InChI=1S/C15H23NO3/c1-3-18-13-6-8-14(9-7-13)19-11-15(2,10-17)16-12-4-5-12/h6-9,12,16-17H,3-5,10-11H2,1-2H3. The van der Waals surface area contributed by atoms with Crippen LogP contribution in [0.15, 0.2) is 24.3 Å². The van der Waals surface area contributed by atoms with Crippen LogP contribution >= 0.6 is 0 Å². The predicted molar refractivity (Wildman–Crippen MR) is 74.8 cm³/mol. The lowest BCUT2D eigenvalue weighted by Crippen LogP contribution is -2.51. The summed E-state index contributed by atoms with van der Waals surface area (Å²) in [7, 11) is 0. The monoisotopic (exact) mass is 265 g/mol. The van der Waals surface area contributed by atoms with Crippen LogP contribution in [0, 0.1) is 0 Å². The van der Waals surface area contributed by atoms with E-state index in [1.165, 1.54) is 12.8 Å². The number of hydrogen-bond donors (Lipinski definition) is 2. The summed E-state index contributed by atoms with van der Waals surface area (Å²) in [6.07, 6.45) is 2.39. The second-order valence-corrected chi connectivity index (χ2v) is 5.33. The number of aliphatic hydroxyl groups excluding tert-OH is 1. The van der Waals surface area contributed by atoms with Crippen molar-refractivity contribution in [3.05, 3.63) is 24.3 Å². The lowest BCUT2D eigenvalue weighted by Gasteiger charge is -2.28. The van der Waals surface area contributed by atoms with Crippen LogP contribution in [0.25, 0.3) is 0 Å². The quantitative estimate of drug-likeness (QED) is 0.754. The van der Waals surface area contributed by atoms with Gasteiger partial charge in [-0.1, -0.05) is 0 Å². The highest BCUT2D eigenvalue weighted by Crippen LogP contribution is 2.23. The van der Waals surface area contributed by atoms with E-state index in [0.717, 1.165) is 11.5 Å². The van der Waals surface area contributed by atoms with E-state index >= 15 is 0 Å². The molecular formula is C15H23NO3. The lowest BCUT2D eigenvalue weighted by atomic mass is 10.1. The molecular weight excluding hydrogens is 242 g/mol. The van der Waals surface area contributed by atoms with Crippen LogP contribution in [0.2, 0.25) is 0 Å². The van der Waals surface area contributed by atoms with Gasteiger partial charge in [-0.15, -0.1) is 0 Å². The number of ether oxygens (including phenoxy) is 2. The minimum atomic E-state index is -0.375. The molecule has 1 atom stereocenters. The zero-order valence-electron chi connectivity index (χ0n) is 11.7. The lowest BCUT2D eigenvalue weighted by molar-refractivity contribution is 0.114. The highest BCUT2D eigenvalue weighted by Gasteiger charge is 2.32. The molecule has 4 heteroatoms. The Bertz CT molecular complexity index is 389. The molecule has 1 aliphatic carbocycles. The molecule has 0 saturated heterocycles. The summed E-state index contributed by atoms with van der Waals surface area (Å²) in [6.45, 7) is 5.13. The Labute approximate surface area is 114 Å². The average Bonchev–Trinajstić information content (AvgIpc) is 3.22. The molecule has 1 unspecified atom stereocenters. The Morgan fingerprint density at radius 2 is 1.79 bits per heavy atom. The van der Waals surface area contributed by atoms with E-state index in [2.05, 4.69) is 5.32 Å². The first-order valence-electron chi connectivity index (χ1n) is 6.89. The van der Waals surface area contributed by atoms with Gasteiger partial charge in [-0.2, -0.15) is 0 Å². The predicted octanol–water partition coefficient (Wildman–Crippen LogP) is 1.97. The van der Waals surface area contributed by atoms with Crippen molar-refractivity contribution in [1.29, 1.82) is 0 Å². The molecule has 1 aliphatic rings. The molecule has 19 heavy (non-hydrogen) atoms. The maximum atomic E-state index is 9.49. The van der Waals surface area contributed by atoms with E-state index in [-0.39, 0.29) is 12.1 Å². The molecule has 106 valence electrons. The molecule has 0 aliphatic heterocycles. The third-order valence-corrected chi connectivity index (χ3v) is 3.17. The van der Waals surface area contributed by atoms with Gasteiger partial charge in [-0.05, 0) is 51.0 Å². The van der Waals surface area contributed by atoms with Gasteiger partial charge >= 0.3 is 0 Å². The van der Waals surface area contributed by atoms with Gasteiger partial charge in [0.05, 0.1) is 18.8 Å². The van der Waals surface area contributed by atoms with Crippen LogP contribution in [-0.2, 0) is 0 Å². The van der Waals surface area contributed by atoms with Gasteiger partial charge in [0.2, 0.25) is 0 Å². The second-order valence-electron chi connectivity index (χ2n) is 5.33. The van der Waals surface area contributed by atoms with Crippen LogP contribution in [0.1, 0.15) is 26.7 Å². The summed E-state index contributed by atoms with van der Waals surface area (Å²) in [5.74, 6) is 1.64. The van der Waals surface area contributed by atoms with Crippen molar-refractivity contribution < 1.29 is 14.6 Å². The van der Waals surface area contributed by atoms with Crippen molar-refractivity contribution in [3.8, 4) is 11.5 Å². The van der Waals surface area contributed by atoms with Gasteiger partial charge in [0, 0.05) is 6.04 Å². The first-order valence-corrected chi connectivity index (χ1v) is 6.89. The van der Waals surface area contributed by atoms with Gasteiger partial charge in [0.25, 0.3) is 0 Å². The summed E-state index contributed by atoms with van der Waals surface area (Å²) >= 11 is 0. The fourth-order valence-electron chi connectivity index (χ4n) is 1.89. The average molecular weight is 265 g/mol. The third kappa shape index (κ3) is 4.40. The van der Waals surface area contributed by atoms with Gasteiger partial charge in [-0.25, -0.2) is 0 Å². The third-order valence-electron chi connectivity index (χ3n) is 3.17. The SMILES string of the molecule is CCOc1ccc(OCC(C)(CO)NC2CC2)cc1. The molecule has 0 heterocycles. The molecule has 1 aromatic carbocycles. The Morgan fingerprint density at radius 1 is 1.21 bits per heavy atom. The molecule has 1 saturated carbocycles. The first kappa shape index (κ1) is 14.2. The number of benzene rings is 1. The summed E-state index contributed by atoms with van der Waals surface area (Å²) in [5, 5.41) is 12.9. The van der Waals surface area contributed by atoms with Gasteiger partial charge in [0.15, 0.2) is 0 Å². The maximum absolute atomic E-state index is 9.49. The Kier molecular flexibility index (Phi) is 4.66. The van der Waals surface area contributed by atoms with Crippen LogP contribution in [0.5, 0.6) is 11.5 Å². The molecule has 4 nitrogen and oxygen atoms in total. The Balaban J connectivity index is 1.85. The smallest absolute Gasteiger partial charge is 0.119 e. The molecule has 2 rings (SSSR count). The van der Waals surface area contributed by atoms with Crippen molar-refractivity contribution in [2.75, 3.05) is 19.8 Å². The molecule has 0 spiro atoms. The van der Waals surface area contributed by atoms with Crippen LogP contribution < -0.4 is 14.8 Å². The topological polar surface area (TPSA) is 50.7 Å². The largest absolute Gasteiger partial charge is 0.494 e. The van der Waals surface area contributed by atoms with Gasteiger partial charge in [0.1, 0.15) is 18.1 Å². The van der Waals surface area contributed by atoms with Gasteiger partial charge < -0.3 is 19.9 Å². The summed E-state index contributed by atoms with van der Waals surface area (Å²) in [5.41, 5.74) is -0.375. The van der Waals surface area contributed by atoms with Crippen LogP contribution in [-0.4, -0.2) is 36.5 Å². The van der Waals surface area contributed by atoms with Crippen molar-refractivity contribution in [1.82, 2.24) is 5.32 Å². The van der Waals surface area contributed by atoms with Crippen LogP contribution in [0.3, 0.4) is 0 Å². The number of aliphatic hydroxyl groups is 1. The summed E-state index contributed by atoms with van der Waals surface area (Å²) in [4.78, 5) is 0. The first-order chi connectivity index (χ1) is 9.15. The minimum absolute atomic E-state index is 0.0700. The van der Waals surface area contributed by atoms with E-state index < -0.39 is 0 Å². The van der Waals surface area contributed by atoms with Crippen molar-refractivity contribution in [3.63, 3.8) is 0 Å². The maximum Gasteiger partial charge on any atom is 0.119 e. The van der Waals surface area contributed by atoms with E-state index in [9.17, 15) is 5.11 Å². The fourth-order valence-corrected chi connectivity index (χ4v) is 1.89. The molecule has 1 aromatic rings. The highest BCUT2D eigenvalue weighted by atomic mass is 16.5. The summed E-state index contributed by atoms with van der Waals surface area (Å²) in [6, 6.07) is 8.10. The Morgan fingerprint density at radius 3 is 2.26 bits per heavy atom. The second kappa shape index (κ2) is 6.26. The van der Waals surface area contributed by atoms with E-state index in [1.54, 1.807) is 0 Å². The molecule has 0 aromatic heterocycles. The fraction of sp³-hybridized carbons (Fsp3) is 0.600. The Hall–Kier alpha value is -1.26. The minimum Gasteiger partial charge on any atom is -0.494 e. The van der Waals surface area contributed by atoms with E-state index in [0.29, 0.717) is 19.3 Å². The zero-order chi connectivity index (χ0) is 13.7. The molecule has 0 bridgehead atoms. The normalized spacial score (nSPS) is 17.8. The zero-order valence-corrected chi connectivity index (χ0v) is 11.7. The molecule has 1 fully saturated rings. The molecule has 0 amide bonds. The number of rotatable bonds is 8. The highest BCUT2D eigenvalue weighted by molar-refractivity contribution is 5.31.